The third kappa shape index (κ3) is 1.73. The Balaban J connectivity index is 2.36. The first-order chi connectivity index (χ1) is 6.11. The van der Waals surface area contributed by atoms with Crippen molar-refractivity contribution < 1.29 is 4.74 Å². The summed E-state index contributed by atoms with van der Waals surface area (Å²) in [4.78, 5) is 0. The van der Waals surface area contributed by atoms with E-state index in [-0.39, 0.29) is 5.60 Å². The minimum absolute atomic E-state index is 0.0206. The molecule has 0 fully saturated rings. The number of rotatable bonds is 1. The number of alkyl halides is 1. The second-order valence-corrected chi connectivity index (χ2v) is 4.67. The van der Waals surface area contributed by atoms with Gasteiger partial charge in [0.25, 0.3) is 0 Å². The Bertz CT molecular complexity index is 331. The first-order valence-corrected chi connectivity index (χ1v) is 5.60. The molecule has 0 aliphatic carbocycles. The molecule has 0 saturated carbocycles. The van der Waals surface area contributed by atoms with E-state index in [2.05, 4.69) is 48.0 Å². The van der Waals surface area contributed by atoms with Gasteiger partial charge in [-0.3, -0.25) is 0 Å². The molecule has 0 unspecified atom stereocenters. The van der Waals surface area contributed by atoms with Crippen LogP contribution in [-0.4, -0.2) is 5.60 Å². The normalized spacial score (nSPS) is 18.1. The fraction of sp³-hybridized carbons (Fsp3) is 0.455. The molecule has 1 aromatic carbocycles. The summed E-state index contributed by atoms with van der Waals surface area (Å²) in [5.74, 6) is 1.05. The largest absolute Gasteiger partial charge is 0.487 e. The van der Waals surface area contributed by atoms with Crippen LogP contribution >= 0.6 is 15.9 Å². The highest BCUT2D eigenvalue weighted by atomic mass is 79.9. The van der Waals surface area contributed by atoms with Gasteiger partial charge in [0, 0.05) is 11.8 Å². The molecule has 1 aromatic rings. The van der Waals surface area contributed by atoms with Crippen LogP contribution in [0.1, 0.15) is 25.0 Å². The van der Waals surface area contributed by atoms with Crippen LogP contribution in [0, 0.1) is 0 Å². The van der Waals surface area contributed by atoms with Crippen LogP contribution in [0.2, 0.25) is 0 Å². The van der Waals surface area contributed by atoms with E-state index in [0.717, 1.165) is 17.5 Å². The molecule has 0 spiro atoms. The van der Waals surface area contributed by atoms with Gasteiger partial charge in [-0.15, -0.1) is 0 Å². The molecule has 2 heteroatoms. The molecular formula is C11H13BrO. The molecule has 1 aliphatic heterocycles. The predicted octanol–water partition coefficient (Wildman–Crippen LogP) is 3.30. The van der Waals surface area contributed by atoms with Gasteiger partial charge in [0.1, 0.15) is 11.4 Å². The zero-order valence-corrected chi connectivity index (χ0v) is 9.52. The Morgan fingerprint density at radius 3 is 2.92 bits per heavy atom. The van der Waals surface area contributed by atoms with Gasteiger partial charge in [0.2, 0.25) is 0 Å². The fourth-order valence-electron chi connectivity index (χ4n) is 1.75. The molecule has 0 amide bonds. The molecule has 0 bridgehead atoms. The quantitative estimate of drug-likeness (QED) is 0.685. The number of hydrogen-bond acceptors (Lipinski definition) is 1. The molecule has 0 saturated heterocycles. The number of fused-ring (bicyclic) bond motifs is 1. The molecule has 0 radical (unpaired) electrons. The van der Waals surface area contributed by atoms with Crippen molar-refractivity contribution in [2.75, 3.05) is 0 Å². The van der Waals surface area contributed by atoms with Gasteiger partial charge in [0.15, 0.2) is 0 Å². The zero-order chi connectivity index (χ0) is 9.47. The van der Waals surface area contributed by atoms with E-state index >= 15 is 0 Å². The van der Waals surface area contributed by atoms with Crippen LogP contribution in [0.25, 0.3) is 0 Å². The number of ether oxygens (including phenoxy) is 1. The van der Waals surface area contributed by atoms with Crippen molar-refractivity contribution in [2.45, 2.75) is 31.2 Å². The molecule has 0 atom stereocenters. The van der Waals surface area contributed by atoms with E-state index in [1.807, 2.05) is 0 Å². The van der Waals surface area contributed by atoms with Gasteiger partial charge >= 0.3 is 0 Å². The number of halogens is 1. The van der Waals surface area contributed by atoms with Crippen LogP contribution in [-0.2, 0) is 11.8 Å². The van der Waals surface area contributed by atoms with Gasteiger partial charge < -0.3 is 4.74 Å². The smallest absolute Gasteiger partial charge is 0.123 e. The molecule has 1 aliphatic rings. The Kier molecular flexibility index (Phi) is 2.11. The van der Waals surface area contributed by atoms with E-state index < -0.39 is 0 Å². The average molecular weight is 241 g/mol. The van der Waals surface area contributed by atoms with Gasteiger partial charge in [0.05, 0.1) is 0 Å². The maximum atomic E-state index is 5.78. The number of hydrogen-bond donors (Lipinski definition) is 0. The van der Waals surface area contributed by atoms with Crippen molar-refractivity contribution in [2.24, 2.45) is 0 Å². The van der Waals surface area contributed by atoms with E-state index in [1.54, 1.807) is 0 Å². The highest BCUT2D eigenvalue weighted by Crippen LogP contribution is 2.35. The molecule has 0 N–H and O–H groups in total. The summed E-state index contributed by atoms with van der Waals surface area (Å²) in [6.45, 7) is 4.25. The van der Waals surface area contributed by atoms with Gasteiger partial charge in [-0.05, 0) is 31.0 Å². The van der Waals surface area contributed by atoms with Crippen LogP contribution in [0.4, 0.5) is 0 Å². The van der Waals surface area contributed by atoms with E-state index in [4.69, 9.17) is 4.74 Å². The Morgan fingerprint density at radius 2 is 2.23 bits per heavy atom. The van der Waals surface area contributed by atoms with Crippen LogP contribution in [0.5, 0.6) is 5.75 Å². The van der Waals surface area contributed by atoms with Gasteiger partial charge in [-0.25, -0.2) is 0 Å². The topological polar surface area (TPSA) is 9.23 Å². The zero-order valence-electron chi connectivity index (χ0n) is 7.93. The molecule has 0 aromatic heterocycles. The second-order valence-electron chi connectivity index (χ2n) is 4.11. The number of benzene rings is 1. The van der Waals surface area contributed by atoms with Gasteiger partial charge in [-0.2, -0.15) is 0 Å². The Hall–Kier alpha value is -0.500. The lowest BCUT2D eigenvalue weighted by atomic mass is 10.0. The lowest BCUT2D eigenvalue weighted by Crippen LogP contribution is -2.24. The lowest BCUT2D eigenvalue weighted by molar-refractivity contribution is 0.138. The van der Waals surface area contributed by atoms with E-state index in [1.165, 1.54) is 11.1 Å². The standard InChI is InChI=1S/C11H13BrO/c1-11(2)6-9-5-8(7-12)3-4-10(9)13-11/h3-5H,6-7H2,1-2H3. The summed E-state index contributed by atoms with van der Waals surface area (Å²) in [5, 5.41) is 0.917. The predicted molar refractivity (Wildman–Crippen MR) is 57.5 cm³/mol. The molecule has 1 nitrogen and oxygen atoms in total. The molecular weight excluding hydrogens is 228 g/mol. The third-order valence-electron chi connectivity index (χ3n) is 2.28. The van der Waals surface area contributed by atoms with Crippen molar-refractivity contribution in [3.8, 4) is 5.75 Å². The summed E-state index contributed by atoms with van der Waals surface area (Å²) in [6, 6.07) is 6.40. The van der Waals surface area contributed by atoms with Crippen molar-refractivity contribution in [1.82, 2.24) is 0 Å². The summed E-state index contributed by atoms with van der Waals surface area (Å²) >= 11 is 3.45. The van der Waals surface area contributed by atoms with Gasteiger partial charge in [-0.1, -0.05) is 28.1 Å². The van der Waals surface area contributed by atoms with E-state index in [9.17, 15) is 0 Å². The lowest BCUT2D eigenvalue weighted by Gasteiger charge is -2.16. The first-order valence-electron chi connectivity index (χ1n) is 4.47. The molecule has 70 valence electrons. The monoisotopic (exact) mass is 240 g/mol. The second kappa shape index (κ2) is 3.02. The van der Waals surface area contributed by atoms with E-state index in [0.29, 0.717) is 0 Å². The highest BCUT2D eigenvalue weighted by molar-refractivity contribution is 9.08. The summed E-state index contributed by atoms with van der Waals surface area (Å²) in [7, 11) is 0. The minimum atomic E-state index is -0.0206. The van der Waals surface area contributed by atoms with Crippen LogP contribution in [0.15, 0.2) is 18.2 Å². The van der Waals surface area contributed by atoms with Crippen LogP contribution < -0.4 is 4.74 Å². The fourth-order valence-corrected chi connectivity index (χ4v) is 2.09. The maximum Gasteiger partial charge on any atom is 0.123 e. The molecule has 1 heterocycles. The first kappa shape index (κ1) is 9.07. The van der Waals surface area contributed by atoms with Crippen molar-refractivity contribution in [1.29, 1.82) is 0 Å². The molecule has 13 heavy (non-hydrogen) atoms. The average Bonchev–Trinajstić information content (AvgIpc) is 2.36. The summed E-state index contributed by atoms with van der Waals surface area (Å²) < 4.78 is 5.78. The SMILES string of the molecule is CC1(C)Cc2cc(CBr)ccc2O1. The third-order valence-corrected chi connectivity index (χ3v) is 2.93. The summed E-state index contributed by atoms with van der Waals surface area (Å²) in [5.41, 5.74) is 2.63. The Labute approximate surface area is 87.2 Å². The minimum Gasteiger partial charge on any atom is -0.487 e. The highest BCUT2D eigenvalue weighted by Gasteiger charge is 2.29. The Morgan fingerprint density at radius 1 is 1.46 bits per heavy atom. The van der Waals surface area contributed by atoms with Crippen molar-refractivity contribution in [3.63, 3.8) is 0 Å². The maximum absolute atomic E-state index is 5.78. The summed E-state index contributed by atoms with van der Waals surface area (Å²) in [6.07, 6.45) is 1.02. The van der Waals surface area contributed by atoms with Crippen molar-refractivity contribution >= 4 is 15.9 Å². The van der Waals surface area contributed by atoms with Crippen LogP contribution in [0.3, 0.4) is 0 Å². The molecule has 2 rings (SSSR count). The van der Waals surface area contributed by atoms with Crippen molar-refractivity contribution in [3.05, 3.63) is 29.3 Å².